The van der Waals surface area contributed by atoms with Gasteiger partial charge in [0.1, 0.15) is 11.9 Å². The van der Waals surface area contributed by atoms with E-state index in [1.165, 1.54) is 13.2 Å². The molecule has 2 heterocycles. The molecule has 0 unspecified atom stereocenters. The average Bonchev–Trinajstić information content (AvgIpc) is 3.27. The van der Waals surface area contributed by atoms with Gasteiger partial charge in [-0.1, -0.05) is 32.0 Å². The maximum atomic E-state index is 12.2. The van der Waals surface area contributed by atoms with Crippen LogP contribution in [0.5, 0.6) is 0 Å². The van der Waals surface area contributed by atoms with E-state index in [0.29, 0.717) is 11.6 Å². The molecule has 1 aromatic carbocycles. The molecule has 0 bridgehead atoms. The highest BCUT2D eigenvalue weighted by Crippen LogP contribution is 2.22. The Kier molecular flexibility index (Phi) is 7.13. The molecule has 0 aliphatic rings. The number of carbonyl (C=O) groups is 2. The minimum absolute atomic E-state index is 0.00304. The number of hydrogen-bond acceptors (Lipinski definition) is 7. The summed E-state index contributed by atoms with van der Waals surface area (Å²) in [6, 6.07) is 10.8. The SMILES string of the molecule is COC(=O)[C@@H](Nc1nc(CNC(=O)/C=C/c2cccs2)nc2ccccc12)C(C)C. The van der Waals surface area contributed by atoms with Crippen molar-refractivity contribution in [3.8, 4) is 0 Å². The van der Waals surface area contributed by atoms with Crippen LogP contribution in [0.4, 0.5) is 5.82 Å². The van der Waals surface area contributed by atoms with Gasteiger partial charge in [-0.25, -0.2) is 14.8 Å². The number of hydrogen-bond donors (Lipinski definition) is 2. The van der Waals surface area contributed by atoms with Crippen LogP contribution in [-0.2, 0) is 20.9 Å². The summed E-state index contributed by atoms with van der Waals surface area (Å²) >= 11 is 1.56. The molecule has 30 heavy (non-hydrogen) atoms. The monoisotopic (exact) mass is 424 g/mol. The molecule has 3 aromatic rings. The first-order valence-corrected chi connectivity index (χ1v) is 10.5. The van der Waals surface area contributed by atoms with Crippen molar-refractivity contribution in [3.05, 3.63) is 58.6 Å². The number of thiophene rings is 1. The first kappa shape index (κ1) is 21.4. The van der Waals surface area contributed by atoms with Crippen LogP contribution in [0.25, 0.3) is 17.0 Å². The Hall–Kier alpha value is -3.26. The van der Waals surface area contributed by atoms with E-state index < -0.39 is 6.04 Å². The Morgan fingerprint density at radius 1 is 1.17 bits per heavy atom. The van der Waals surface area contributed by atoms with E-state index in [1.54, 1.807) is 17.4 Å². The molecule has 0 saturated carbocycles. The summed E-state index contributed by atoms with van der Waals surface area (Å²) in [6.07, 6.45) is 3.25. The number of fused-ring (bicyclic) bond motifs is 1. The Balaban J connectivity index is 1.80. The normalized spacial score (nSPS) is 12.3. The molecule has 0 spiro atoms. The van der Waals surface area contributed by atoms with Crippen LogP contribution in [0.1, 0.15) is 24.5 Å². The summed E-state index contributed by atoms with van der Waals surface area (Å²) in [6.45, 7) is 4.02. The number of methoxy groups -OCH3 is 1. The van der Waals surface area contributed by atoms with Crippen molar-refractivity contribution in [2.24, 2.45) is 5.92 Å². The molecule has 0 aliphatic heterocycles. The minimum atomic E-state index is -0.551. The van der Waals surface area contributed by atoms with Gasteiger partial charge in [-0.15, -0.1) is 11.3 Å². The van der Waals surface area contributed by atoms with Gasteiger partial charge in [0.25, 0.3) is 0 Å². The molecule has 1 atom stereocenters. The van der Waals surface area contributed by atoms with Crippen LogP contribution in [0.3, 0.4) is 0 Å². The summed E-state index contributed by atoms with van der Waals surface area (Å²) in [5, 5.41) is 8.73. The number of aromatic nitrogens is 2. The van der Waals surface area contributed by atoms with Gasteiger partial charge in [-0.3, -0.25) is 4.79 Å². The number of ether oxygens (including phenoxy) is 1. The zero-order valence-corrected chi connectivity index (χ0v) is 17.9. The molecular weight excluding hydrogens is 400 g/mol. The molecule has 3 rings (SSSR count). The topological polar surface area (TPSA) is 93.2 Å². The van der Waals surface area contributed by atoms with E-state index in [-0.39, 0.29) is 24.3 Å². The summed E-state index contributed by atoms with van der Waals surface area (Å²) < 4.78 is 4.92. The van der Waals surface area contributed by atoms with E-state index in [4.69, 9.17) is 4.74 Å². The lowest BCUT2D eigenvalue weighted by Gasteiger charge is -2.21. The first-order valence-electron chi connectivity index (χ1n) is 9.57. The van der Waals surface area contributed by atoms with Crippen molar-refractivity contribution in [1.29, 1.82) is 0 Å². The highest BCUT2D eigenvalue weighted by Gasteiger charge is 2.24. The molecule has 2 N–H and O–H groups in total. The highest BCUT2D eigenvalue weighted by molar-refractivity contribution is 7.10. The standard InChI is InChI=1S/C22H24N4O3S/c1-14(2)20(22(28)29-3)26-21-16-8-4-5-9-17(16)24-18(25-21)13-23-19(27)11-10-15-7-6-12-30-15/h4-12,14,20H,13H2,1-3H3,(H,23,27)(H,24,25,26)/b11-10+/t20-/m0/s1. The van der Waals surface area contributed by atoms with Gasteiger partial charge in [0, 0.05) is 16.3 Å². The molecule has 156 valence electrons. The predicted octanol–water partition coefficient (Wildman–Crippen LogP) is 3.63. The summed E-state index contributed by atoms with van der Waals surface area (Å²) in [5.41, 5.74) is 0.723. The molecule has 0 saturated heterocycles. The third-order valence-corrected chi connectivity index (χ3v) is 5.26. The van der Waals surface area contributed by atoms with Crippen molar-refractivity contribution in [2.75, 3.05) is 12.4 Å². The van der Waals surface area contributed by atoms with Gasteiger partial charge in [0.15, 0.2) is 5.82 Å². The van der Waals surface area contributed by atoms with E-state index in [2.05, 4.69) is 20.6 Å². The Labute approximate surface area is 179 Å². The van der Waals surface area contributed by atoms with Crippen molar-refractivity contribution in [2.45, 2.75) is 26.4 Å². The van der Waals surface area contributed by atoms with Gasteiger partial charge < -0.3 is 15.4 Å². The largest absolute Gasteiger partial charge is 0.467 e. The van der Waals surface area contributed by atoms with E-state index >= 15 is 0 Å². The Morgan fingerprint density at radius 2 is 1.97 bits per heavy atom. The number of esters is 1. The fourth-order valence-electron chi connectivity index (χ4n) is 2.85. The lowest BCUT2D eigenvalue weighted by atomic mass is 10.0. The predicted molar refractivity (Wildman–Crippen MR) is 119 cm³/mol. The number of benzene rings is 1. The number of nitrogens with zero attached hydrogens (tertiary/aromatic N) is 2. The molecule has 2 aromatic heterocycles. The lowest BCUT2D eigenvalue weighted by Crippen LogP contribution is -2.36. The summed E-state index contributed by atoms with van der Waals surface area (Å²) in [7, 11) is 1.36. The van der Waals surface area contributed by atoms with Crippen LogP contribution < -0.4 is 10.6 Å². The minimum Gasteiger partial charge on any atom is -0.467 e. The van der Waals surface area contributed by atoms with Crippen molar-refractivity contribution >= 4 is 46.0 Å². The fourth-order valence-corrected chi connectivity index (χ4v) is 3.47. The van der Waals surface area contributed by atoms with E-state index in [9.17, 15) is 9.59 Å². The van der Waals surface area contributed by atoms with E-state index in [0.717, 1.165) is 15.8 Å². The number of amides is 1. The van der Waals surface area contributed by atoms with Crippen molar-refractivity contribution in [3.63, 3.8) is 0 Å². The Bertz CT molecular complexity index is 1050. The van der Waals surface area contributed by atoms with Crippen LogP contribution in [0, 0.1) is 5.92 Å². The molecule has 0 radical (unpaired) electrons. The van der Waals surface area contributed by atoms with Crippen molar-refractivity contribution < 1.29 is 14.3 Å². The third-order valence-electron chi connectivity index (χ3n) is 4.43. The second-order valence-corrected chi connectivity index (χ2v) is 7.94. The van der Waals surface area contributed by atoms with Crippen LogP contribution in [-0.4, -0.2) is 35.0 Å². The lowest BCUT2D eigenvalue weighted by molar-refractivity contribution is -0.142. The zero-order chi connectivity index (χ0) is 21.5. The molecular formula is C22H24N4O3S. The molecule has 0 aliphatic carbocycles. The van der Waals surface area contributed by atoms with Gasteiger partial charge in [-0.05, 0) is 35.6 Å². The second-order valence-electron chi connectivity index (χ2n) is 6.96. The summed E-state index contributed by atoms with van der Waals surface area (Å²) in [4.78, 5) is 34.4. The van der Waals surface area contributed by atoms with Gasteiger partial charge in [0.05, 0.1) is 19.2 Å². The molecule has 1 amide bonds. The zero-order valence-electron chi connectivity index (χ0n) is 17.1. The van der Waals surface area contributed by atoms with E-state index in [1.807, 2.05) is 55.6 Å². The van der Waals surface area contributed by atoms with Crippen LogP contribution >= 0.6 is 11.3 Å². The number of carbonyl (C=O) groups excluding carboxylic acids is 2. The van der Waals surface area contributed by atoms with Crippen molar-refractivity contribution in [1.82, 2.24) is 15.3 Å². The molecule has 8 heteroatoms. The number of anilines is 1. The van der Waals surface area contributed by atoms with Gasteiger partial charge in [-0.2, -0.15) is 0 Å². The van der Waals surface area contributed by atoms with Crippen LogP contribution in [0.2, 0.25) is 0 Å². The van der Waals surface area contributed by atoms with Crippen LogP contribution in [0.15, 0.2) is 47.9 Å². The average molecular weight is 425 g/mol. The molecule has 0 fully saturated rings. The number of rotatable bonds is 8. The highest BCUT2D eigenvalue weighted by atomic mass is 32.1. The molecule has 7 nitrogen and oxygen atoms in total. The quantitative estimate of drug-likeness (QED) is 0.424. The number of nitrogens with one attached hydrogen (secondary N) is 2. The van der Waals surface area contributed by atoms with Gasteiger partial charge in [0.2, 0.25) is 5.91 Å². The number of para-hydroxylation sites is 1. The Morgan fingerprint density at radius 3 is 2.67 bits per heavy atom. The summed E-state index contributed by atoms with van der Waals surface area (Å²) in [5.74, 6) is 0.381. The maximum absolute atomic E-state index is 12.2. The smallest absolute Gasteiger partial charge is 0.328 e. The maximum Gasteiger partial charge on any atom is 0.328 e. The first-order chi connectivity index (χ1) is 14.5. The fraction of sp³-hybridized carbons (Fsp3) is 0.273. The second kappa shape index (κ2) is 9.98. The third kappa shape index (κ3) is 5.42. The van der Waals surface area contributed by atoms with Gasteiger partial charge >= 0.3 is 5.97 Å².